The molecule has 0 aliphatic heterocycles. The van der Waals surface area contributed by atoms with Gasteiger partial charge in [0.2, 0.25) is 0 Å². The first-order valence-electron chi connectivity index (χ1n) is 9.21. The summed E-state index contributed by atoms with van der Waals surface area (Å²) in [5, 5.41) is 13.3. The molecule has 0 saturated heterocycles. The molecular formula is C20H26N2O3S. The third-order valence-electron chi connectivity index (χ3n) is 4.61. The van der Waals surface area contributed by atoms with Crippen molar-refractivity contribution in [2.45, 2.75) is 57.7 Å². The largest absolute Gasteiger partial charge is 0.491 e. The number of hydrogen-bond acceptors (Lipinski definition) is 5. The van der Waals surface area contributed by atoms with Crippen molar-refractivity contribution in [1.82, 2.24) is 10.3 Å². The first-order valence-corrected chi connectivity index (χ1v) is 10.1. The predicted octanol–water partition coefficient (Wildman–Crippen LogP) is 4.05. The number of rotatable bonds is 7. The zero-order valence-electron chi connectivity index (χ0n) is 15.3. The Hall–Kier alpha value is -1.92. The molecule has 1 aromatic carbocycles. The molecule has 1 saturated carbocycles. The molecule has 1 aliphatic rings. The topological polar surface area (TPSA) is 71.5 Å². The number of ether oxygens (including phenoxy) is 1. The summed E-state index contributed by atoms with van der Waals surface area (Å²) in [6, 6.07) is 7.35. The average Bonchev–Trinajstić information content (AvgIpc) is 3.29. The van der Waals surface area contributed by atoms with Crippen LogP contribution in [0.5, 0.6) is 5.75 Å². The molecule has 1 aromatic heterocycles. The lowest BCUT2D eigenvalue weighted by Gasteiger charge is -2.15. The maximum Gasteiger partial charge on any atom is 0.263 e. The second kappa shape index (κ2) is 8.64. The number of thiazole rings is 1. The van der Waals surface area contributed by atoms with Crippen LogP contribution in [-0.4, -0.2) is 28.6 Å². The second-order valence-electron chi connectivity index (χ2n) is 7.01. The van der Waals surface area contributed by atoms with Gasteiger partial charge in [-0.2, -0.15) is 0 Å². The van der Waals surface area contributed by atoms with E-state index in [1.54, 1.807) is 5.51 Å². The van der Waals surface area contributed by atoms with Crippen molar-refractivity contribution in [3.8, 4) is 5.75 Å². The predicted molar refractivity (Wildman–Crippen MR) is 103 cm³/mol. The van der Waals surface area contributed by atoms with Crippen molar-refractivity contribution >= 4 is 17.2 Å². The smallest absolute Gasteiger partial charge is 0.263 e. The Kier molecular flexibility index (Phi) is 6.27. The molecule has 140 valence electrons. The van der Waals surface area contributed by atoms with E-state index in [9.17, 15) is 9.90 Å². The van der Waals surface area contributed by atoms with E-state index in [2.05, 4.69) is 10.3 Å². The van der Waals surface area contributed by atoms with E-state index in [0.717, 1.165) is 24.1 Å². The van der Waals surface area contributed by atoms with Crippen molar-refractivity contribution in [3.05, 3.63) is 45.9 Å². The number of aliphatic hydroxyl groups is 1. The summed E-state index contributed by atoms with van der Waals surface area (Å²) in [6.07, 6.45) is 3.91. The molecule has 1 unspecified atom stereocenters. The number of nitrogens with one attached hydrogen (secondary N) is 1. The molecule has 5 nitrogen and oxygen atoms in total. The van der Waals surface area contributed by atoms with E-state index in [1.165, 1.54) is 24.2 Å². The van der Waals surface area contributed by atoms with E-state index >= 15 is 0 Å². The lowest BCUT2D eigenvalue weighted by atomic mass is 10.0. The van der Waals surface area contributed by atoms with Gasteiger partial charge in [0.1, 0.15) is 10.6 Å². The summed E-state index contributed by atoms with van der Waals surface area (Å²) in [5.41, 5.74) is 3.39. The quantitative estimate of drug-likeness (QED) is 0.767. The Labute approximate surface area is 158 Å². The minimum atomic E-state index is -0.780. The summed E-state index contributed by atoms with van der Waals surface area (Å²) in [6.45, 7) is 4.08. The van der Waals surface area contributed by atoms with Crippen LogP contribution in [0.25, 0.3) is 0 Å². The first-order chi connectivity index (χ1) is 12.5. The molecule has 2 N–H and O–H groups in total. The van der Waals surface area contributed by atoms with Crippen molar-refractivity contribution in [2.24, 2.45) is 0 Å². The van der Waals surface area contributed by atoms with E-state index in [-0.39, 0.29) is 18.6 Å². The fourth-order valence-corrected chi connectivity index (χ4v) is 4.16. The van der Waals surface area contributed by atoms with Gasteiger partial charge in [-0.05, 0) is 44.4 Å². The van der Waals surface area contributed by atoms with Gasteiger partial charge in [0.25, 0.3) is 5.91 Å². The van der Waals surface area contributed by atoms with Gasteiger partial charge in [0.05, 0.1) is 23.4 Å². The van der Waals surface area contributed by atoms with Gasteiger partial charge >= 0.3 is 0 Å². The van der Waals surface area contributed by atoms with Crippen LogP contribution >= 0.6 is 11.3 Å². The van der Waals surface area contributed by atoms with Gasteiger partial charge in [0.15, 0.2) is 0 Å². The van der Waals surface area contributed by atoms with Gasteiger partial charge in [-0.25, -0.2) is 4.98 Å². The molecule has 0 radical (unpaired) electrons. The van der Waals surface area contributed by atoms with Gasteiger partial charge in [0, 0.05) is 12.5 Å². The Morgan fingerprint density at radius 3 is 2.88 bits per heavy atom. The van der Waals surface area contributed by atoms with Gasteiger partial charge in [-0.15, -0.1) is 11.3 Å². The number of carbonyl (C=O) groups excluding carboxylic acids is 1. The molecule has 6 heteroatoms. The van der Waals surface area contributed by atoms with Crippen LogP contribution in [0.15, 0.2) is 29.8 Å². The monoisotopic (exact) mass is 374 g/mol. The number of amides is 1. The summed E-state index contributed by atoms with van der Waals surface area (Å²) in [5.74, 6) is 0.966. The molecule has 1 atom stereocenters. The Morgan fingerprint density at radius 1 is 1.38 bits per heavy atom. The van der Waals surface area contributed by atoms with Crippen molar-refractivity contribution in [2.75, 3.05) is 6.54 Å². The van der Waals surface area contributed by atoms with Crippen LogP contribution in [0.2, 0.25) is 0 Å². The average molecular weight is 375 g/mol. The molecule has 1 amide bonds. The summed E-state index contributed by atoms with van der Waals surface area (Å²) >= 11 is 1.38. The zero-order chi connectivity index (χ0) is 18.5. The third-order valence-corrected chi connectivity index (χ3v) is 5.45. The number of nitrogens with zero attached hydrogens (tertiary/aromatic N) is 1. The number of carbonyl (C=O) groups is 1. The molecular weight excluding hydrogens is 348 g/mol. The highest BCUT2D eigenvalue weighted by molar-refractivity contribution is 7.11. The second-order valence-corrected chi connectivity index (χ2v) is 7.87. The molecule has 3 rings (SSSR count). The first kappa shape index (κ1) is 18.9. The van der Waals surface area contributed by atoms with Crippen molar-refractivity contribution in [3.63, 3.8) is 0 Å². The van der Waals surface area contributed by atoms with Crippen LogP contribution in [0.4, 0.5) is 0 Å². The minimum absolute atomic E-state index is 0.0717. The highest BCUT2D eigenvalue weighted by atomic mass is 32.1. The van der Waals surface area contributed by atoms with Crippen molar-refractivity contribution in [1.29, 1.82) is 0 Å². The standard InChI is InChI=1S/C20H26N2O3S/c1-13(2)25-16-9-5-8-15(10-16)17(23)11-21-20(24)19-18(22-12-26-19)14-6-3-4-7-14/h5,8-10,12-14,17,23H,3-4,6-7,11H2,1-2H3,(H,21,24). The lowest BCUT2D eigenvalue weighted by molar-refractivity contribution is 0.0918. The van der Waals surface area contributed by atoms with Gasteiger partial charge in [-0.3, -0.25) is 4.79 Å². The normalized spacial score (nSPS) is 16.0. The van der Waals surface area contributed by atoms with Crippen LogP contribution < -0.4 is 10.1 Å². The minimum Gasteiger partial charge on any atom is -0.491 e. The third kappa shape index (κ3) is 4.62. The number of benzene rings is 1. The maximum atomic E-state index is 12.6. The van der Waals surface area contributed by atoms with Crippen LogP contribution in [0, 0.1) is 0 Å². The molecule has 0 spiro atoms. The van der Waals surface area contributed by atoms with E-state index in [4.69, 9.17) is 4.74 Å². The summed E-state index contributed by atoms with van der Waals surface area (Å²) in [7, 11) is 0. The molecule has 1 fully saturated rings. The Morgan fingerprint density at radius 2 is 2.15 bits per heavy atom. The Bertz CT molecular complexity index is 738. The van der Waals surface area contributed by atoms with Gasteiger partial charge in [-0.1, -0.05) is 25.0 Å². The Balaban J connectivity index is 1.60. The maximum absolute atomic E-state index is 12.6. The van der Waals surface area contributed by atoms with Crippen LogP contribution in [0.3, 0.4) is 0 Å². The molecule has 1 heterocycles. The number of hydrogen-bond donors (Lipinski definition) is 2. The van der Waals surface area contributed by atoms with Gasteiger partial charge < -0.3 is 15.2 Å². The summed E-state index contributed by atoms with van der Waals surface area (Å²) < 4.78 is 5.66. The number of aromatic nitrogens is 1. The van der Waals surface area contributed by atoms with E-state index < -0.39 is 6.10 Å². The molecule has 2 aromatic rings. The molecule has 26 heavy (non-hydrogen) atoms. The summed E-state index contributed by atoms with van der Waals surface area (Å²) in [4.78, 5) is 17.7. The van der Waals surface area contributed by atoms with Crippen molar-refractivity contribution < 1.29 is 14.6 Å². The van der Waals surface area contributed by atoms with Crippen LogP contribution in [0.1, 0.15) is 72.5 Å². The van der Waals surface area contributed by atoms with E-state index in [0.29, 0.717) is 16.5 Å². The fraction of sp³-hybridized carbons (Fsp3) is 0.500. The van der Waals surface area contributed by atoms with Crippen LogP contribution in [-0.2, 0) is 0 Å². The highest BCUT2D eigenvalue weighted by Crippen LogP contribution is 2.36. The number of aliphatic hydroxyl groups excluding tert-OH is 1. The highest BCUT2D eigenvalue weighted by Gasteiger charge is 2.25. The molecule has 0 bridgehead atoms. The molecule has 1 aliphatic carbocycles. The SMILES string of the molecule is CC(C)Oc1cccc(C(O)CNC(=O)c2scnc2C2CCCC2)c1. The zero-order valence-corrected chi connectivity index (χ0v) is 16.1. The lowest BCUT2D eigenvalue weighted by Crippen LogP contribution is -2.28. The van der Waals surface area contributed by atoms with E-state index in [1.807, 2.05) is 38.1 Å². The fourth-order valence-electron chi connectivity index (χ4n) is 3.37.